The summed E-state index contributed by atoms with van der Waals surface area (Å²) in [5.74, 6) is -2.72. The summed E-state index contributed by atoms with van der Waals surface area (Å²) in [7, 11) is 0. The molecule has 0 heterocycles. The van der Waals surface area contributed by atoms with Crippen molar-refractivity contribution in [3.63, 3.8) is 0 Å². The number of carboxylic acid groups (broad SMARTS) is 3. The molecule has 0 aromatic carbocycles. The molecule has 0 saturated carbocycles. The van der Waals surface area contributed by atoms with Crippen molar-refractivity contribution >= 4 is 17.9 Å². The van der Waals surface area contributed by atoms with Gasteiger partial charge in [-0.05, 0) is 32.1 Å². The monoisotopic (exact) mass is 652 g/mol. The number of hydrogen-bond acceptors (Lipinski definition) is 6. The van der Waals surface area contributed by atoms with E-state index in [2.05, 4.69) is 20.8 Å². The minimum absolute atomic E-state index is 0. The third kappa shape index (κ3) is 22.2. The van der Waals surface area contributed by atoms with Crippen molar-refractivity contribution in [2.45, 2.75) is 159 Å². The molecule has 37 heavy (non-hydrogen) atoms. The summed E-state index contributed by atoms with van der Waals surface area (Å²) in [4.78, 5) is 32.1. The van der Waals surface area contributed by atoms with Crippen molar-refractivity contribution in [2.75, 3.05) is 0 Å². The van der Waals surface area contributed by atoms with Crippen LogP contribution in [0.15, 0.2) is 0 Å². The Hall–Kier alpha value is -0.395. The fraction of sp³-hybridized carbons (Fsp3) is 0.900. The maximum Gasteiger partial charge on any atom is 3.00 e. The topological polar surface area (TPSA) is 120 Å². The molecule has 0 amide bonds. The zero-order chi connectivity index (χ0) is 28.8. The number of carboxylic acids is 3. The van der Waals surface area contributed by atoms with Crippen molar-refractivity contribution in [3.8, 4) is 0 Å². The van der Waals surface area contributed by atoms with Crippen LogP contribution in [0.2, 0.25) is 0 Å². The van der Waals surface area contributed by atoms with E-state index in [-0.39, 0.29) is 35.6 Å². The molecule has 2 unspecified atom stereocenters. The van der Waals surface area contributed by atoms with Gasteiger partial charge in [-0.15, -0.1) is 0 Å². The molecule has 0 spiro atoms. The number of aliphatic carboxylic acids is 3. The first-order chi connectivity index (χ1) is 16.6. The van der Waals surface area contributed by atoms with Gasteiger partial charge in [0.2, 0.25) is 0 Å². The Kier molecular flexibility index (Phi) is 29.1. The van der Waals surface area contributed by atoms with Crippen LogP contribution in [0.1, 0.15) is 159 Å². The van der Waals surface area contributed by atoms with Gasteiger partial charge < -0.3 is 29.7 Å². The Morgan fingerprint density at radius 1 is 0.486 bits per heavy atom. The summed E-state index contributed by atoms with van der Waals surface area (Å²) in [5.41, 5.74) is -1.84. The van der Waals surface area contributed by atoms with E-state index in [1.54, 1.807) is 27.7 Å². The van der Waals surface area contributed by atoms with E-state index in [1.807, 2.05) is 13.8 Å². The van der Waals surface area contributed by atoms with Gasteiger partial charge in [0.25, 0.3) is 0 Å². The quantitative estimate of drug-likeness (QED) is 0.188. The molecule has 0 aliphatic heterocycles. The molecular formula is C30H57LaO6. The maximum absolute atomic E-state index is 10.8. The number of carbonyl (C=O) groups excluding carboxylic acids is 3. The second-order valence-electron chi connectivity index (χ2n) is 11.3. The number of carbonyl (C=O) groups is 3. The first-order valence-electron chi connectivity index (χ1n) is 14.3. The third-order valence-corrected chi connectivity index (χ3v) is 7.19. The molecule has 0 fully saturated rings. The van der Waals surface area contributed by atoms with Crippen LogP contribution in [0.25, 0.3) is 0 Å². The Bertz CT molecular complexity index is 593. The number of hydrogen-bond donors (Lipinski definition) is 0. The van der Waals surface area contributed by atoms with Gasteiger partial charge in [0, 0.05) is 34.2 Å². The Morgan fingerprint density at radius 2 is 0.892 bits per heavy atom. The summed E-state index contributed by atoms with van der Waals surface area (Å²) >= 11 is 0. The van der Waals surface area contributed by atoms with E-state index >= 15 is 0 Å². The fourth-order valence-corrected chi connectivity index (χ4v) is 3.73. The van der Waals surface area contributed by atoms with Gasteiger partial charge in [-0.1, -0.05) is 127 Å². The van der Waals surface area contributed by atoms with Crippen LogP contribution in [0.4, 0.5) is 0 Å². The standard InChI is InChI=1S/3C10H20O2.La/c1-4-5-6-7-8-10(2,3)9(11)12;1-4-6-7-8-10(3,5-2)9(11)12;1-4-6-8-10(3,7-5-2)9(11)12;/h3*4-8H2,1-3H3,(H,11,12);/q;;;+3/p-3. The molecule has 0 saturated heterocycles. The van der Waals surface area contributed by atoms with Crippen molar-refractivity contribution in [2.24, 2.45) is 16.2 Å². The molecule has 6 nitrogen and oxygen atoms in total. The number of unbranched alkanes of at least 4 members (excludes halogenated alkanes) is 6. The smallest absolute Gasteiger partial charge is 0.550 e. The van der Waals surface area contributed by atoms with E-state index in [0.717, 1.165) is 77.0 Å². The van der Waals surface area contributed by atoms with Crippen LogP contribution in [-0.2, 0) is 14.4 Å². The molecule has 0 N–H and O–H groups in total. The molecule has 0 aromatic heterocycles. The molecule has 2 atom stereocenters. The molecule has 0 radical (unpaired) electrons. The van der Waals surface area contributed by atoms with Crippen molar-refractivity contribution in [1.82, 2.24) is 0 Å². The molecule has 0 bridgehead atoms. The van der Waals surface area contributed by atoms with E-state index < -0.39 is 34.2 Å². The Morgan fingerprint density at radius 3 is 1.24 bits per heavy atom. The van der Waals surface area contributed by atoms with Crippen LogP contribution >= 0.6 is 0 Å². The van der Waals surface area contributed by atoms with Crippen molar-refractivity contribution in [3.05, 3.63) is 0 Å². The Balaban J connectivity index is -0.000000218. The summed E-state index contributed by atoms with van der Waals surface area (Å²) in [5, 5.41) is 32.1. The summed E-state index contributed by atoms with van der Waals surface area (Å²) in [6.45, 7) is 17.3. The molecule has 0 aromatic rings. The predicted molar refractivity (Wildman–Crippen MR) is 143 cm³/mol. The van der Waals surface area contributed by atoms with Gasteiger partial charge in [0.05, 0.1) is 0 Å². The van der Waals surface area contributed by atoms with Crippen LogP contribution < -0.4 is 15.3 Å². The molecular weight excluding hydrogens is 595 g/mol. The minimum Gasteiger partial charge on any atom is -0.550 e. The van der Waals surface area contributed by atoms with Crippen molar-refractivity contribution < 1.29 is 65.3 Å². The average molecular weight is 653 g/mol. The SMILES string of the molecule is CCCCC(C)(CCC)C(=O)[O-].CCCCCC(C)(CC)C(=O)[O-].CCCCCCC(C)(C)C(=O)[O-].[La+3]. The second kappa shape index (κ2) is 24.6. The Labute approximate surface area is 256 Å². The van der Waals surface area contributed by atoms with Gasteiger partial charge in [-0.2, -0.15) is 0 Å². The number of rotatable bonds is 18. The van der Waals surface area contributed by atoms with Crippen LogP contribution in [-0.4, -0.2) is 17.9 Å². The maximum atomic E-state index is 10.8. The summed E-state index contributed by atoms with van der Waals surface area (Å²) < 4.78 is 0. The van der Waals surface area contributed by atoms with Gasteiger partial charge >= 0.3 is 35.6 Å². The summed E-state index contributed by atoms with van der Waals surface area (Å²) in [6.07, 6.45) is 14.3. The van der Waals surface area contributed by atoms with Gasteiger partial charge in [-0.3, -0.25) is 0 Å². The molecule has 0 aliphatic rings. The fourth-order valence-electron chi connectivity index (χ4n) is 3.73. The van der Waals surface area contributed by atoms with E-state index in [9.17, 15) is 29.7 Å². The first-order valence-corrected chi connectivity index (χ1v) is 14.3. The molecule has 216 valence electrons. The minimum atomic E-state index is -0.931. The van der Waals surface area contributed by atoms with Gasteiger partial charge in [0.15, 0.2) is 0 Å². The van der Waals surface area contributed by atoms with E-state index in [4.69, 9.17) is 0 Å². The first kappa shape index (κ1) is 43.7. The van der Waals surface area contributed by atoms with E-state index in [1.165, 1.54) is 12.8 Å². The molecule has 0 rings (SSSR count). The van der Waals surface area contributed by atoms with Crippen LogP contribution in [0, 0.1) is 51.8 Å². The molecule has 7 heteroatoms. The van der Waals surface area contributed by atoms with Crippen LogP contribution in [0.5, 0.6) is 0 Å². The molecule has 0 aliphatic carbocycles. The zero-order valence-electron chi connectivity index (χ0n) is 25.6. The second-order valence-corrected chi connectivity index (χ2v) is 11.3. The van der Waals surface area contributed by atoms with Crippen LogP contribution in [0.3, 0.4) is 0 Å². The summed E-state index contributed by atoms with van der Waals surface area (Å²) in [6, 6.07) is 0. The largest absolute Gasteiger partial charge is 3.00 e. The average Bonchev–Trinajstić information content (AvgIpc) is 2.81. The third-order valence-electron chi connectivity index (χ3n) is 7.19. The van der Waals surface area contributed by atoms with Gasteiger partial charge in [-0.25, -0.2) is 0 Å². The van der Waals surface area contributed by atoms with E-state index in [0.29, 0.717) is 6.42 Å². The zero-order valence-corrected chi connectivity index (χ0v) is 29.3. The normalized spacial score (nSPS) is 13.9. The predicted octanol–water partition coefficient (Wildman–Crippen LogP) is 5.20. The van der Waals surface area contributed by atoms with Gasteiger partial charge in [0.1, 0.15) is 0 Å². The van der Waals surface area contributed by atoms with Crippen molar-refractivity contribution in [1.29, 1.82) is 0 Å².